The van der Waals surface area contributed by atoms with E-state index in [4.69, 9.17) is 10.5 Å². The molecule has 3 nitrogen and oxygen atoms in total. The highest BCUT2D eigenvalue weighted by molar-refractivity contribution is 5.96. The highest BCUT2D eigenvalue weighted by atomic mass is 19.1. The van der Waals surface area contributed by atoms with Gasteiger partial charge >= 0.3 is 0 Å². The van der Waals surface area contributed by atoms with Gasteiger partial charge in [-0.15, -0.1) is 0 Å². The summed E-state index contributed by atoms with van der Waals surface area (Å²) in [6.45, 7) is 1.63. The highest BCUT2D eigenvalue weighted by Gasteiger charge is 2.17. The van der Waals surface area contributed by atoms with E-state index in [1.165, 1.54) is 14.0 Å². The second-order valence-corrected chi connectivity index (χ2v) is 3.92. The summed E-state index contributed by atoms with van der Waals surface area (Å²) < 4.78 is 31.5. The number of carbonyl (C=O) groups is 1. The van der Waals surface area contributed by atoms with Gasteiger partial charge in [-0.3, -0.25) is 4.79 Å². The summed E-state index contributed by atoms with van der Waals surface area (Å²) in [5.74, 6) is -1.85. The molecule has 0 aliphatic carbocycles. The Hall–Kier alpha value is -1.33. The fraction of sp³-hybridized carbons (Fsp3) is 0.417. The molecular formula is C12H15F2NO2. The first-order valence-corrected chi connectivity index (χ1v) is 5.19. The number of carbonyl (C=O) groups excluding carboxylic acids is 1. The Bertz CT molecular complexity index is 421. The van der Waals surface area contributed by atoms with Crippen LogP contribution < -0.4 is 5.73 Å². The van der Waals surface area contributed by atoms with E-state index in [-0.39, 0.29) is 24.2 Å². The molecule has 0 heterocycles. The van der Waals surface area contributed by atoms with Gasteiger partial charge in [0.15, 0.2) is 5.78 Å². The molecule has 0 aliphatic rings. The van der Waals surface area contributed by atoms with Crippen LogP contribution in [0, 0.1) is 18.6 Å². The standard InChI is InChI=1S/C12H15F2NO2/c1-7-3-11(14)9(5-10(7)13)12(16)4-8(15)6-17-2/h3,5,8H,4,6,15H2,1-2H3. The van der Waals surface area contributed by atoms with Gasteiger partial charge in [0.25, 0.3) is 0 Å². The van der Waals surface area contributed by atoms with Gasteiger partial charge in [-0.25, -0.2) is 8.78 Å². The Balaban J connectivity index is 2.86. The van der Waals surface area contributed by atoms with Crippen LogP contribution in [0.15, 0.2) is 12.1 Å². The molecule has 1 aromatic rings. The molecular weight excluding hydrogens is 228 g/mol. The smallest absolute Gasteiger partial charge is 0.167 e. The average molecular weight is 243 g/mol. The number of halogens is 2. The first-order chi connectivity index (χ1) is 7.95. The van der Waals surface area contributed by atoms with Crippen molar-refractivity contribution in [2.45, 2.75) is 19.4 Å². The maximum Gasteiger partial charge on any atom is 0.167 e. The Morgan fingerprint density at radius 1 is 1.41 bits per heavy atom. The SMILES string of the molecule is COCC(N)CC(=O)c1cc(F)c(C)cc1F. The quantitative estimate of drug-likeness (QED) is 0.802. The van der Waals surface area contributed by atoms with Crippen LogP contribution in [0.5, 0.6) is 0 Å². The fourth-order valence-electron chi connectivity index (χ4n) is 1.48. The molecule has 0 aliphatic heterocycles. The number of hydrogen-bond acceptors (Lipinski definition) is 3. The van der Waals surface area contributed by atoms with Gasteiger partial charge in [-0.05, 0) is 24.6 Å². The Labute approximate surface area is 98.6 Å². The van der Waals surface area contributed by atoms with E-state index in [1.54, 1.807) is 0 Å². The van der Waals surface area contributed by atoms with E-state index in [2.05, 4.69) is 0 Å². The molecule has 5 heteroatoms. The van der Waals surface area contributed by atoms with E-state index in [1.807, 2.05) is 0 Å². The van der Waals surface area contributed by atoms with Crippen molar-refractivity contribution in [2.24, 2.45) is 5.73 Å². The number of hydrogen-bond donors (Lipinski definition) is 1. The molecule has 94 valence electrons. The third kappa shape index (κ3) is 3.57. The lowest BCUT2D eigenvalue weighted by molar-refractivity contribution is 0.0945. The number of ether oxygens (including phenoxy) is 1. The maximum absolute atomic E-state index is 13.5. The predicted molar refractivity (Wildman–Crippen MR) is 59.9 cm³/mol. The van der Waals surface area contributed by atoms with Crippen LogP contribution in [-0.4, -0.2) is 25.5 Å². The second-order valence-electron chi connectivity index (χ2n) is 3.92. The lowest BCUT2D eigenvalue weighted by atomic mass is 10.0. The number of aryl methyl sites for hydroxylation is 1. The molecule has 1 unspecified atom stereocenters. The molecule has 0 amide bonds. The van der Waals surface area contributed by atoms with Gasteiger partial charge in [-0.2, -0.15) is 0 Å². The van der Waals surface area contributed by atoms with Crippen LogP contribution in [-0.2, 0) is 4.74 Å². The third-order valence-corrected chi connectivity index (χ3v) is 2.38. The van der Waals surface area contributed by atoms with Crippen LogP contribution >= 0.6 is 0 Å². The number of methoxy groups -OCH3 is 1. The lowest BCUT2D eigenvalue weighted by Crippen LogP contribution is -2.29. The number of rotatable bonds is 5. The molecule has 0 saturated heterocycles. The van der Waals surface area contributed by atoms with Gasteiger partial charge < -0.3 is 10.5 Å². The molecule has 0 aromatic heterocycles. The maximum atomic E-state index is 13.5. The highest BCUT2D eigenvalue weighted by Crippen LogP contribution is 2.16. The molecule has 2 N–H and O–H groups in total. The zero-order valence-corrected chi connectivity index (χ0v) is 9.80. The van der Waals surface area contributed by atoms with Crippen molar-refractivity contribution in [3.05, 3.63) is 34.9 Å². The molecule has 0 saturated carbocycles. The van der Waals surface area contributed by atoms with Crippen molar-refractivity contribution in [3.8, 4) is 0 Å². The summed E-state index contributed by atoms with van der Waals surface area (Å²) in [6.07, 6.45) is -0.0761. The van der Waals surface area contributed by atoms with Crippen LogP contribution in [0.1, 0.15) is 22.3 Å². The molecule has 0 bridgehead atoms. The minimum atomic E-state index is -0.724. The second kappa shape index (κ2) is 5.84. The van der Waals surface area contributed by atoms with Crippen LogP contribution in [0.25, 0.3) is 0 Å². The molecule has 1 rings (SSSR count). The minimum absolute atomic E-state index is 0.0761. The van der Waals surface area contributed by atoms with Crippen LogP contribution in [0.4, 0.5) is 8.78 Å². The van der Waals surface area contributed by atoms with Gasteiger partial charge in [-0.1, -0.05) is 0 Å². The Morgan fingerprint density at radius 3 is 2.65 bits per heavy atom. The zero-order valence-electron chi connectivity index (χ0n) is 9.80. The van der Waals surface area contributed by atoms with Crippen molar-refractivity contribution in [1.29, 1.82) is 0 Å². The zero-order chi connectivity index (χ0) is 13.0. The third-order valence-electron chi connectivity index (χ3n) is 2.38. The summed E-state index contributed by atoms with van der Waals surface area (Å²) in [5.41, 5.74) is 5.48. The predicted octanol–water partition coefficient (Wildman–Crippen LogP) is 1.82. The van der Waals surface area contributed by atoms with Crippen molar-refractivity contribution in [2.75, 3.05) is 13.7 Å². The van der Waals surface area contributed by atoms with Gasteiger partial charge in [0.2, 0.25) is 0 Å². The Morgan fingerprint density at radius 2 is 2.06 bits per heavy atom. The van der Waals surface area contributed by atoms with Gasteiger partial charge in [0.1, 0.15) is 11.6 Å². The van der Waals surface area contributed by atoms with E-state index in [9.17, 15) is 13.6 Å². The van der Waals surface area contributed by atoms with E-state index < -0.39 is 23.5 Å². The lowest BCUT2D eigenvalue weighted by Gasteiger charge is -2.10. The first-order valence-electron chi connectivity index (χ1n) is 5.19. The molecule has 0 spiro atoms. The Kier molecular flexibility index (Phi) is 4.72. The van der Waals surface area contributed by atoms with Crippen LogP contribution in [0.2, 0.25) is 0 Å². The molecule has 17 heavy (non-hydrogen) atoms. The summed E-state index contributed by atoms with van der Waals surface area (Å²) in [6, 6.07) is 1.40. The van der Waals surface area contributed by atoms with Crippen molar-refractivity contribution in [1.82, 2.24) is 0 Å². The van der Waals surface area contributed by atoms with E-state index in [0.717, 1.165) is 12.1 Å². The number of nitrogens with two attached hydrogens (primary N) is 1. The first kappa shape index (κ1) is 13.7. The van der Waals surface area contributed by atoms with Crippen LogP contribution in [0.3, 0.4) is 0 Å². The monoisotopic (exact) mass is 243 g/mol. The van der Waals surface area contributed by atoms with Gasteiger partial charge in [0.05, 0.1) is 12.2 Å². The van der Waals surface area contributed by atoms with Gasteiger partial charge in [0, 0.05) is 19.6 Å². The summed E-state index contributed by atoms with van der Waals surface area (Å²) in [7, 11) is 1.45. The average Bonchev–Trinajstić information content (AvgIpc) is 2.23. The summed E-state index contributed by atoms with van der Waals surface area (Å²) in [5, 5.41) is 0. The number of Topliss-reactive ketones (excluding diaryl/α,β-unsaturated/α-hetero) is 1. The summed E-state index contributed by atoms with van der Waals surface area (Å²) >= 11 is 0. The van der Waals surface area contributed by atoms with Crippen molar-refractivity contribution >= 4 is 5.78 Å². The van der Waals surface area contributed by atoms with E-state index in [0.29, 0.717) is 0 Å². The van der Waals surface area contributed by atoms with E-state index >= 15 is 0 Å². The molecule has 0 fully saturated rings. The van der Waals surface area contributed by atoms with Crippen molar-refractivity contribution < 1.29 is 18.3 Å². The molecule has 0 radical (unpaired) electrons. The summed E-state index contributed by atoms with van der Waals surface area (Å²) in [4.78, 5) is 11.7. The fourth-order valence-corrected chi connectivity index (χ4v) is 1.48. The topological polar surface area (TPSA) is 52.3 Å². The van der Waals surface area contributed by atoms with Crippen molar-refractivity contribution in [3.63, 3.8) is 0 Å². The normalized spacial score (nSPS) is 12.5. The number of benzene rings is 1. The minimum Gasteiger partial charge on any atom is -0.383 e. The number of ketones is 1. The molecule has 1 atom stereocenters. The largest absolute Gasteiger partial charge is 0.383 e. The molecule has 1 aromatic carbocycles.